The van der Waals surface area contributed by atoms with Gasteiger partial charge in [-0.3, -0.25) is 19.8 Å². The molecule has 1 aromatic heterocycles. The van der Waals surface area contributed by atoms with Crippen LogP contribution in [-0.4, -0.2) is 26.7 Å². The largest absolute Gasteiger partial charge is 0.457 e. The highest BCUT2D eigenvalue weighted by molar-refractivity contribution is 7.80. The van der Waals surface area contributed by atoms with Gasteiger partial charge in [-0.15, -0.1) is 0 Å². The molecule has 208 valence electrons. The summed E-state index contributed by atoms with van der Waals surface area (Å²) in [6.07, 6.45) is -4.09. The Balaban J connectivity index is 1.51. The topological polar surface area (TPSA) is 85.7 Å². The lowest BCUT2D eigenvalue weighted by Crippen LogP contribution is -2.54. The maximum atomic E-state index is 14.0. The Morgan fingerprint density at radius 2 is 1.46 bits per heavy atom. The smallest absolute Gasteiger partial charge is 0.435 e. The normalized spacial score (nSPS) is 14.8. The molecule has 12 heteroatoms. The molecule has 1 aliphatic heterocycles. The second-order valence-corrected chi connectivity index (χ2v) is 9.36. The van der Waals surface area contributed by atoms with Gasteiger partial charge in [-0.2, -0.15) is 18.3 Å². The molecule has 2 heterocycles. The zero-order chi connectivity index (χ0) is 29.3. The van der Waals surface area contributed by atoms with Crippen LogP contribution in [0.2, 0.25) is 0 Å². The van der Waals surface area contributed by atoms with Crippen molar-refractivity contribution in [2.24, 2.45) is 7.05 Å². The van der Waals surface area contributed by atoms with Crippen molar-refractivity contribution >= 4 is 40.9 Å². The Bertz CT molecular complexity index is 1670. The van der Waals surface area contributed by atoms with E-state index in [1.807, 2.05) is 25.1 Å². The number of hydrogen-bond donors (Lipinski definition) is 1. The molecule has 0 radical (unpaired) electrons. The van der Waals surface area contributed by atoms with Crippen molar-refractivity contribution < 1.29 is 32.2 Å². The lowest BCUT2D eigenvalue weighted by atomic mass is 10.1. The first kappa shape index (κ1) is 27.6. The van der Waals surface area contributed by atoms with Crippen LogP contribution >= 0.6 is 12.2 Å². The number of anilines is 1. The van der Waals surface area contributed by atoms with Gasteiger partial charge >= 0.3 is 6.18 Å². The predicted molar refractivity (Wildman–Crippen MR) is 149 cm³/mol. The molecule has 0 aliphatic carbocycles. The Morgan fingerprint density at radius 3 is 2.10 bits per heavy atom. The molecule has 0 saturated carbocycles. The summed E-state index contributed by atoms with van der Waals surface area (Å²) >= 11 is 5.22. The molecule has 0 atom stereocenters. The van der Waals surface area contributed by atoms with Crippen molar-refractivity contribution in [3.63, 3.8) is 0 Å². The molecule has 1 N–H and O–H groups in total. The number of para-hydroxylation sites is 1. The second-order valence-electron chi connectivity index (χ2n) is 8.97. The van der Waals surface area contributed by atoms with E-state index in [2.05, 4.69) is 10.4 Å². The number of aromatic nitrogens is 2. The highest BCUT2D eigenvalue weighted by Crippen LogP contribution is 2.39. The highest BCUT2D eigenvalue weighted by Gasteiger charge is 2.41. The summed E-state index contributed by atoms with van der Waals surface area (Å²) < 4.78 is 54.4. The minimum atomic E-state index is -4.91. The summed E-state index contributed by atoms with van der Waals surface area (Å²) in [6.45, 7) is 1.85. The van der Waals surface area contributed by atoms with Crippen molar-refractivity contribution in [2.45, 2.75) is 13.1 Å². The summed E-state index contributed by atoms with van der Waals surface area (Å²) in [4.78, 5) is 27.4. The molecular weight excluding hydrogens is 557 g/mol. The average Bonchev–Trinajstić information content (AvgIpc) is 3.24. The molecule has 41 heavy (non-hydrogen) atoms. The second kappa shape index (κ2) is 10.9. The van der Waals surface area contributed by atoms with Crippen LogP contribution < -0.4 is 19.7 Å². The third-order valence-electron chi connectivity index (χ3n) is 6.00. The third kappa shape index (κ3) is 5.82. The molecule has 0 bridgehead atoms. The number of aryl methyl sites for hydroxylation is 2. The Kier molecular flexibility index (Phi) is 7.33. The van der Waals surface area contributed by atoms with Crippen molar-refractivity contribution in [3.8, 4) is 23.1 Å². The van der Waals surface area contributed by atoms with Crippen molar-refractivity contribution in [1.29, 1.82) is 0 Å². The van der Waals surface area contributed by atoms with Crippen molar-refractivity contribution in [2.75, 3.05) is 4.90 Å². The van der Waals surface area contributed by atoms with Gasteiger partial charge in [0, 0.05) is 7.05 Å². The first-order chi connectivity index (χ1) is 19.5. The average molecular weight is 579 g/mol. The van der Waals surface area contributed by atoms with Crippen LogP contribution in [0, 0.1) is 6.92 Å². The maximum Gasteiger partial charge on any atom is 0.435 e. The molecule has 5 rings (SSSR count). The van der Waals surface area contributed by atoms with Crippen LogP contribution in [0.1, 0.15) is 16.8 Å². The summed E-state index contributed by atoms with van der Waals surface area (Å²) in [7, 11) is 1.27. The van der Waals surface area contributed by atoms with Gasteiger partial charge in [0.05, 0.1) is 11.3 Å². The van der Waals surface area contributed by atoms with Crippen molar-refractivity contribution in [3.05, 3.63) is 101 Å². The molecule has 3 aromatic carbocycles. The van der Waals surface area contributed by atoms with E-state index in [4.69, 9.17) is 21.7 Å². The molecule has 0 spiro atoms. The first-order valence-corrected chi connectivity index (χ1v) is 12.6. The quantitative estimate of drug-likeness (QED) is 0.168. The number of benzene rings is 3. The monoisotopic (exact) mass is 578 g/mol. The summed E-state index contributed by atoms with van der Waals surface area (Å²) in [6, 6.07) is 21.9. The van der Waals surface area contributed by atoms with Crippen LogP contribution in [0.15, 0.2) is 84.4 Å². The van der Waals surface area contributed by atoms with E-state index >= 15 is 0 Å². The lowest BCUT2D eigenvalue weighted by Gasteiger charge is -2.29. The van der Waals surface area contributed by atoms with Gasteiger partial charge in [-0.25, -0.2) is 4.68 Å². The third-order valence-corrected chi connectivity index (χ3v) is 6.28. The minimum absolute atomic E-state index is 0.229. The number of rotatable bonds is 6. The van der Waals surface area contributed by atoms with Crippen LogP contribution in [0.25, 0.3) is 6.08 Å². The number of carbonyl (C=O) groups excluding carboxylic acids is 2. The summed E-state index contributed by atoms with van der Waals surface area (Å²) in [5.41, 5.74) is -1.31. The van der Waals surface area contributed by atoms with E-state index in [0.717, 1.165) is 21.2 Å². The molecule has 1 fully saturated rings. The number of nitrogens with one attached hydrogen (secondary N) is 1. The van der Waals surface area contributed by atoms with E-state index < -0.39 is 34.8 Å². The van der Waals surface area contributed by atoms with E-state index in [9.17, 15) is 22.8 Å². The zero-order valence-corrected chi connectivity index (χ0v) is 22.4. The standard InChI is InChI=1S/C29H21F3N4O4S/c1-17-8-12-21(13-9-17)40-27-22(24(29(30,31)32)34-35(27)2)16-23-25(37)33-28(41)36(26(23)38)18-10-14-20(15-11-18)39-19-6-4-3-5-7-19/h3-16H,1-2H3,(H,33,37,41)/b23-16+. The number of halogens is 3. The maximum absolute atomic E-state index is 14.0. The number of hydrogen-bond acceptors (Lipinski definition) is 6. The van der Waals surface area contributed by atoms with E-state index in [0.29, 0.717) is 11.5 Å². The number of alkyl halides is 3. The molecule has 2 amide bonds. The molecule has 0 unspecified atom stereocenters. The molecule has 8 nitrogen and oxygen atoms in total. The number of carbonyl (C=O) groups is 2. The number of thiocarbonyl (C=S) groups is 1. The fraction of sp³-hybridized carbons (Fsp3) is 0.103. The molecule has 4 aromatic rings. The number of ether oxygens (including phenoxy) is 2. The summed E-state index contributed by atoms with van der Waals surface area (Å²) in [5, 5.41) is 5.72. The van der Waals surface area contributed by atoms with Gasteiger partial charge < -0.3 is 9.47 Å². The first-order valence-electron chi connectivity index (χ1n) is 12.1. The lowest BCUT2D eigenvalue weighted by molar-refractivity contribution is -0.141. The van der Waals surface area contributed by atoms with Crippen LogP contribution in [0.3, 0.4) is 0 Å². The number of amides is 2. The van der Waals surface area contributed by atoms with Gasteiger partial charge in [-0.1, -0.05) is 35.9 Å². The summed E-state index contributed by atoms with van der Waals surface area (Å²) in [5.74, 6) is -0.878. The van der Waals surface area contributed by atoms with Gasteiger partial charge in [0.2, 0.25) is 5.88 Å². The van der Waals surface area contributed by atoms with Gasteiger partial charge in [0.15, 0.2) is 10.8 Å². The SMILES string of the molecule is Cc1ccc(Oc2c(/C=C3\C(=O)NC(=S)N(c4ccc(Oc5ccccc5)cc4)C3=O)c(C(F)(F)F)nn2C)cc1. The minimum Gasteiger partial charge on any atom is -0.457 e. The van der Waals surface area contributed by atoms with Gasteiger partial charge in [0.25, 0.3) is 11.8 Å². The fourth-order valence-corrected chi connectivity index (χ4v) is 4.31. The van der Waals surface area contributed by atoms with Crippen LogP contribution in [0.4, 0.5) is 18.9 Å². The Hall–Kier alpha value is -4.97. The van der Waals surface area contributed by atoms with Gasteiger partial charge in [-0.05, 0) is 73.7 Å². The van der Waals surface area contributed by atoms with Crippen LogP contribution in [0.5, 0.6) is 23.1 Å². The Labute approximate surface area is 237 Å². The zero-order valence-electron chi connectivity index (χ0n) is 21.6. The molecule has 1 saturated heterocycles. The van der Waals surface area contributed by atoms with Crippen LogP contribution in [-0.2, 0) is 22.8 Å². The Morgan fingerprint density at radius 1 is 0.878 bits per heavy atom. The van der Waals surface area contributed by atoms with Gasteiger partial charge in [0.1, 0.15) is 22.8 Å². The van der Waals surface area contributed by atoms with E-state index in [1.54, 1.807) is 48.5 Å². The van der Waals surface area contributed by atoms with Crippen molar-refractivity contribution in [1.82, 2.24) is 15.1 Å². The van der Waals surface area contributed by atoms with E-state index in [-0.39, 0.29) is 22.4 Å². The number of nitrogens with zero attached hydrogens (tertiary/aromatic N) is 3. The highest BCUT2D eigenvalue weighted by atomic mass is 32.1. The molecule has 1 aliphatic rings. The fourth-order valence-electron chi connectivity index (χ4n) is 4.03. The molecular formula is C29H21F3N4O4S. The van der Waals surface area contributed by atoms with E-state index in [1.165, 1.54) is 19.2 Å². The predicted octanol–water partition coefficient (Wildman–Crippen LogP) is 6.16.